The molecule has 0 saturated carbocycles. The summed E-state index contributed by atoms with van der Waals surface area (Å²) in [6.45, 7) is 1.24. The highest BCUT2D eigenvalue weighted by Gasteiger charge is 2.33. The first-order chi connectivity index (χ1) is 11.7. The summed E-state index contributed by atoms with van der Waals surface area (Å²) >= 11 is 6.23. The summed E-state index contributed by atoms with van der Waals surface area (Å²) in [4.78, 5) is 0. The van der Waals surface area contributed by atoms with Crippen molar-refractivity contribution in [1.29, 1.82) is 0 Å². The Bertz CT molecular complexity index is 735. The van der Waals surface area contributed by atoms with Crippen LogP contribution < -0.4 is 5.32 Å². The van der Waals surface area contributed by atoms with Gasteiger partial charge in [-0.15, -0.1) is 0 Å². The quantitative estimate of drug-likeness (QED) is 0.710. The van der Waals surface area contributed by atoms with Gasteiger partial charge >= 0.3 is 0 Å². The SMILES string of the molecule is OC(C[NH2+]Cc1ccccc1Cl)(c1ccccc1)c1ccccc1. The van der Waals surface area contributed by atoms with Crippen molar-refractivity contribution < 1.29 is 10.4 Å². The smallest absolute Gasteiger partial charge is 0.163 e. The molecule has 122 valence electrons. The first-order valence-corrected chi connectivity index (χ1v) is 8.46. The normalized spacial score (nSPS) is 11.4. The predicted octanol–water partition coefficient (Wildman–Crippen LogP) is 3.34. The topological polar surface area (TPSA) is 36.8 Å². The number of aliphatic hydroxyl groups is 1. The molecule has 0 unspecified atom stereocenters. The fraction of sp³-hybridized carbons (Fsp3) is 0.143. The van der Waals surface area contributed by atoms with E-state index in [-0.39, 0.29) is 0 Å². The summed E-state index contributed by atoms with van der Waals surface area (Å²) in [7, 11) is 0. The summed E-state index contributed by atoms with van der Waals surface area (Å²) in [5, 5.41) is 14.3. The Labute approximate surface area is 147 Å². The molecule has 0 spiro atoms. The van der Waals surface area contributed by atoms with Crippen LogP contribution in [0, 0.1) is 0 Å². The van der Waals surface area contributed by atoms with Gasteiger partial charge < -0.3 is 10.4 Å². The predicted molar refractivity (Wildman–Crippen MR) is 97.8 cm³/mol. The number of quaternary nitrogens is 1. The van der Waals surface area contributed by atoms with Crippen LogP contribution in [-0.4, -0.2) is 11.7 Å². The highest BCUT2D eigenvalue weighted by molar-refractivity contribution is 6.31. The molecule has 0 heterocycles. The van der Waals surface area contributed by atoms with Gasteiger partial charge in [0.1, 0.15) is 13.1 Å². The zero-order valence-electron chi connectivity index (χ0n) is 13.4. The Balaban J connectivity index is 1.82. The van der Waals surface area contributed by atoms with E-state index >= 15 is 0 Å². The minimum absolute atomic E-state index is 0.520. The van der Waals surface area contributed by atoms with Crippen LogP contribution in [0.3, 0.4) is 0 Å². The van der Waals surface area contributed by atoms with E-state index in [0.717, 1.165) is 28.3 Å². The number of hydrogen-bond donors (Lipinski definition) is 2. The van der Waals surface area contributed by atoms with E-state index in [1.54, 1.807) is 0 Å². The first-order valence-electron chi connectivity index (χ1n) is 8.08. The van der Waals surface area contributed by atoms with Crippen LogP contribution >= 0.6 is 11.6 Å². The molecule has 3 aromatic rings. The molecule has 0 aliphatic rings. The van der Waals surface area contributed by atoms with Crippen molar-refractivity contribution in [2.24, 2.45) is 0 Å². The van der Waals surface area contributed by atoms with Crippen LogP contribution in [0.2, 0.25) is 5.02 Å². The molecular formula is C21H21ClNO+. The lowest BCUT2D eigenvalue weighted by Gasteiger charge is -2.27. The number of nitrogens with two attached hydrogens (primary N) is 1. The monoisotopic (exact) mass is 338 g/mol. The van der Waals surface area contributed by atoms with Gasteiger partial charge in [0.05, 0.1) is 0 Å². The zero-order chi connectivity index (χ0) is 16.8. The highest BCUT2D eigenvalue weighted by Crippen LogP contribution is 2.28. The number of rotatable bonds is 6. The molecule has 0 saturated heterocycles. The largest absolute Gasteiger partial charge is 0.375 e. The Hall–Kier alpha value is -2.13. The van der Waals surface area contributed by atoms with Gasteiger partial charge in [-0.05, 0) is 17.2 Å². The van der Waals surface area contributed by atoms with E-state index in [4.69, 9.17) is 11.6 Å². The molecule has 0 aromatic heterocycles. The van der Waals surface area contributed by atoms with Gasteiger partial charge in [-0.25, -0.2) is 0 Å². The van der Waals surface area contributed by atoms with E-state index in [1.807, 2.05) is 84.9 Å². The molecular weight excluding hydrogens is 318 g/mol. The van der Waals surface area contributed by atoms with Crippen molar-refractivity contribution in [2.45, 2.75) is 12.1 Å². The molecule has 2 nitrogen and oxygen atoms in total. The minimum atomic E-state index is -1.04. The summed E-state index contributed by atoms with van der Waals surface area (Å²) in [5.74, 6) is 0. The highest BCUT2D eigenvalue weighted by atomic mass is 35.5. The first kappa shape index (κ1) is 16.7. The third-order valence-corrected chi connectivity index (χ3v) is 4.63. The fourth-order valence-electron chi connectivity index (χ4n) is 2.93. The Morgan fingerprint density at radius 3 is 1.79 bits per heavy atom. The van der Waals surface area contributed by atoms with Crippen molar-refractivity contribution in [2.75, 3.05) is 6.54 Å². The zero-order valence-corrected chi connectivity index (χ0v) is 14.2. The second-order valence-electron chi connectivity index (χ2n) is 5.88. The number of benzene rings is 3. The van der Waals surface area contributed by atoms with Gasteiger partial charge in [0.15, 0.2) is 5.60 Å². The molecule has 0 aliphatic carbocycles. The van der Waals surface area contributed by atoms with E-state index in [1.165, 1.54) is 0 Å². The van der Waals surface area contributed by atoms with Gasteiger partial charge in [-0.3, -0.25) is 0 Å². The second-order valence-corrected chi connectivity index (χ2v) is 6.29. The molecule has 0 bridgehead atoms. The van der Waals surface area contributed by atoms with Crippen LogP contribution in [0.4, 0.5) is 0 Å². The maximum atomic E-state index is 11.4. The lowest BCUT2D eigenvalue weighted by Crippen LogP contribution is -2.86. The molecule has 0 radical (unpaired) electrons. The average Bonchev–Trinajstić information content (AvgIpc) is 2.64. The minimum Gasteiger partial charge on any atom is -0.375 e. The fourth-order valence-corrected chi connectivity index (χ4v) is 3.14. The average molecular weight is 339 g/mol. The molecule has 0 fully saturated rings. The van der Waals surface area contributed by atoms with Crippen molar-refractivity contribution in [3.05, 3.63) is 107 Å². The van der Waals surface area contributed by atoms with Gasteiger partial charge in [-0.1, -0.05) is 90.5 Å². The summed E-state index contributed by atoms with van der Waals surface area (Å²) in [5.41, 5.74) is 1.82. The second kappa shape index (κ2) is 7.63. The van der Waals surface area contributed by atoms with Gasteiger partial charge in [0, 0.05) is 10.6 Å². The molecule has 3 N–H and O–H groups in total. The molecule has 3 aromatic carbocycles. The number of halogens is 1. The van der Waals surface area contributed by atoms with E-state index in [2.05, 4.69) is 5.32 Å². The van der Waals surface area contributed by atoms with Crippen LogP contribution in [0.15, 0.2) is 84.9 Å². The van der Waals surface area contributed by atoms with Crippen LogP contribution in [0.1, 0.15) is 16.7 Å². The van der Waals surface area contributed by atoms with Crippen LogP contribution in [-0.2, 0) is 12.1 Å². The third kappa shape index (κ3) is 3.68. The molecule has 0 aliphatic heterocycles. The summed E-state index contributed by atoms with van der Waals surface area (Å²) in [6, 6.07) is 27.4. The molecule has 0 atom stereocenters. The van der Waals surface area contributed by atoms with Crippen molar-refractivity contribution >= 4 is 11.6 Å². The Morgan fingerprint density at radius 1 is 0.750 bits per heavy atom. The molecule has 24 heavy (non-hydrogen) atoms. The van der Waals surface area contributed by atoms with Crippen molar-refractivity contribution in [3.63, 3.8) is 0 Å². The van der Waals surface area contributed by atoms with E-state index in [0.29, 0.717) is 6.54 Å². The molecule has 3 heteroatoms. The maximum absolute atomic E-state index is 11.4. The standard InChI is InChI=1S/C21H20ClNO/c22-20-14-8-7-9-17(20)15-23-16-21(24,18-10-3-1-4-11-18)19-12-5-2-6-13-19/h1-14,23-24H,15-16H2/p+1. The summed E-state index contributed by atoms with van der Waals surface area (Å²) in [6.07, 6.45) is 0. The van der Waals surface area contributed by atoms with E-state index < -0.39 is 5.60 Å². The molecule has 3 rings (SSSR count). The third-order valence-electron chi connectivity index (χ3n) is 4.26. The van der Waals surface area contributed by atoms with Crippen LogP contribution in [0.5, 0.6) is 0 Å². The van der Waals surface area contributed by atoms with E-state index in [9.17, 15) is 5.11 Å². The van der Waals surface area contributed by atoms with Gasteiger partial charge in [-0.2, -0.15) is 0 Å². The molecule has 0 amide bonds. The van der Waals surface area contributed by atoms with Crippen LogP contribution in [0.25, 0.3) is 0 Å². The van der Waals surface area contributed by atoms with Crippen molar-refractivity contribution in [1.82, 2.24) is 0 Å². The van der Waals surface area contributed by atoms with Gasteiger partial charge in [0.25, 0.3) is 0 Å². The van der Waals surface area contributed by atoms with Gasteiger partial charge in [0.2, 0.25) is 0 Å². The van der Waals surface area contributed by atoms with Crippen molar-refractivity contribution in [3.8, 4) is 0 Å². The Kier molecular flexibility index (Phi) is 5.31. The summed E-state index contributed by atoms with van der Waals surface area (Å²) < 4.78 is 0. The lowest BCUT2D eigenvalue weighted by atomic mass is 9.86. The Morgan fingerprint density at radius 2 is 1.25 bits per heavy atom. The maximum Gasteiger partial charge on any atom is 0.163 e. The lowest BCUT2D eigenvalue weighted by molar-refractivity contribution is -0.682. The number of hydrogen-bond acceptors (Lipinski definition) is 1.